The summed E-state index contributed by atoms with van der Waals surface area (Å²) in [6.07, 6.45) is 11.3. The Bertz CT molecular complexity index is 969. The summed E-state index contributed by atoms with van der Waals surface area (Å²) < 4.78 is 0. The first-order valence-corrected chi connectivity index (χ1v) is 12.9. The van der Waals surface area contributed by atoms with Crippen LogP contribution < -0.4 is 5.32 Å². The molecule has 0 spiro atoms. The van der Waals surface area contributed by atoms with Crippen LogP contribution in [0.15, 0.2) is 36.5 Å². The number of aromatic nitrogens is 1. The van der Waals surface area contributed by atoms with Gasteiger partial charge >= 0.3 is 6.03 Å². The van der Waals surface area contributed by atoms with Crippen LogP contribution in [0.4, 0.5) is 4.79 Å². The maximum absolute atomic E-state index is 13.8. The first-order chi connectivity index (χ1) is 16.4. The number of carbonyl (C=O) groups is 3. The molecule has 0 aromatic carbocycles. The molecule has 2 aliphatic carbocycles. The molecule has 0 unspecified atom stereocenters. The number of hydrogen-bond donors (Lipinski definition) is 1. The molecule has 1 saturated carbocycles. The molecule has 1 aromatic heterocycles. The van der Waals surface area contributed by atoms with Gasteiger partial charge < -0.3 is 10.2 Å². The average molecular weight is 465 g/mol. The molecule has 182 valence electrons. The number of nitrogens with one attached hydrogen (secondary N) is 1. The van der Waals surface area contributed by atoms with Crippen molar-refractivity contribution in [2.24, 2.45) is 29.6 Å². The van der Waals surface area contributed by atoms with Crippen LogP contribution in [0.1, 0.15) is 58.1 Å². The first-order valence-electron chi connectivity index (χ1n) is 12.9. The number of hydrogen-bond acceptors (Lipinski definition) is 4. The number of nitrogens with zero attached hydrogens (tertiary/aromatic N) is 3. The van der Waals surface area contributed by atoms with Gasteiger partial charge in [0.2, 0.25) is 5.91 Å². The van der Waals surface area contributed by atoms with E-state index >= 15 is 0 Å². The summed E-state index contributed by atoms with van der Waals surface area (Å²) in [6, 6.07) is 5.20. The zero-order chi connectivity index (χ0) is 23.9. The lowest BCUT2D eigenvalue weighted by atomic mass is 9.73. The van der Waals surface area contributed by atoms with Gasteiger partial charge in [-0.05, 0) is 74.3 Å². The largest absolute Gasteiger partial charge is 0.342 e. The second-order valence-corrected chi connectivity index (χ2v) is 11.0. The molecule has 7 nitrogen and oxygen atoms in total. The standard InChI is InChI=1S/C27H36N4O3/c1-18(2)8-11-27(25(33)31(26(34)29-27)17-22-5-3-4-12-28-22)21-9-13-30(14-10-21)24(32)23-16-19-6-7-20(23)15-19/h3-7,12,18-21,23H,8-11,13-17H2,1-2H3,(H,29,34)/t19-,20+,23-,27-/m1/s1. The fourth-order valence-corrected chi connectivity index (χ4v) is 6.50. The third-order valence-electron chi connectivity index (χ3n) is 8.46. The van der Waals surface area contributed by atoms with Gasteiger partial charge in [0.05, 0.1) is 12.2 Å². The molecular weight excluding hydrogens is 428 g/mol. The lowest BCUT2D eigenvalue weighted by Crippen LogP contribution is -2.57. The summed E-state index contributed by atoms with van der Waals surface area (Å²) in [6.45, 7) is 5.79. The molecule has 3 fully saturated rings. The van der Waals surface area contributed by atoms with Crippen molar-refractivity contribution in [1.82, 2.24) is 20.1 Å². The Labute approximate surface area is 202 Å². The van der Waals surface area contributed by atoms with Crippen LogP contribution in [0.25, 0.3) is 0 Å². The van der Waals surface area contributed by atoms with Crippen molar-refractivity contribution in [3.05, 3.63) is 42.2 Å². The van der Waals surface area contributed by atoms with Crippen molar-refractivity contribution in [2.45, 2.75) is 64.5 Å². The molecule has 1 aromatic rings. The van der Waals surface area contributed by atoms with E-state index in [1.807, 2.05) is 23.1 Å². The van der Waals surface area contributed by atoms with E-state index in [1.165, 1.54) is 4.90 Å². The average Bonchev–Trinajstić information content (AvgIpc) is 3.54. The fourth-order valence-electron chi connectivity index (χ4n) is 6.50. The van der Waals surface area contributed by atoms with Crippen molar-refractivity contribution in [3.63, 3.8) is 0 Å². The lowest BCUT2D eigenvalue weighted by Gasteiger charge is -2.42. The second-order valence-electron chi connectivity index (χ2n) is 11.0. The van der Waals surface area contributed by atoms with Gasteiger partial charge in [0.1, 0.15) is 5.54 Å². The van der Waals surface area contributed by atoms with Gasteiger partial charge in [-0.1, -0.05) is 32.1 Å². The number of allylic oxidation sites excluding steroid dienone is 2. The molecular formula is C27H36N4O3. The Morgan fingerprint density at radius 2 is 1.97 bits per heavy atom. The number of urea groups is 1. The van der Waals surface area contributed by atoms with E-state index in [-0.39, 0.29) is 36.2 Å². The Morgan fingerprint density at radius 3 is 2.59 bits per heavy atom. The predicted molar refractivity (Wildman–Crippen MR) is 128 cm³/mol. The predicted octanol–water partition coefficient (Wildman–Crippen LogP) is 3.76. The van der Waals surface area contributed by atoms with Crippen molar-refractivity contribution in [3.8, 4) is 0 Å². The van der Waals surface area contributed by atoms with Crippen LogP contribution >= 0.6 is 0 Å². The van der Waals surface area contributed by atoms with Gasteiger partial charge in [0.25, 0.3) is 5.91 Å². The second kappa shape index (κ2) is 9.16. The molecule has 7 heteroatoms. The smallest absolute Gasteiger partial charge is 0.325 e. The van der Waals surface area contributed by atoms with Crippen molar-refractivity contribution >= 4 is 17.8 Å². The summed E-state index contributed by atoms with van der Waals surface area (Å²) in [5.41, 5.74) is -0.188. The van der Waals surface area contributed by atoms with Crippen molar-refractivity contribution in [1.29, 1.82) is 0 Å². The van der Waals surface area contributed by atoms with E-state index in [0.717, 1.165) is 32.1 Å². The molecule has 5 rings (SSSR count). The van der Waals surface area contributed by atoms with Crippen LogP contribution in [0, 0.1) is 29.6 Å². The maximum Gasteiger partial charge on any atom is 0.325 e. The molecule has 4 aliphatic rings. The number of likely N-dealkylation sites (tertiary alicyclic amines) is 1. The molecule has 3 heterocycles. The van der Waals surface area contributed by atoms with E-state index < -0.39 is 5.54 Å². The van der Waals surface area contributed by atoms with Gasteiger partial charge in [-0.15, -0.1) is 0 Å². The molecule has 34 heavy (non-hydrogen) atoms. The Morgan fingerprint density at radius 1 is 1.18 bits per heavy atom. The number of pyridine rings is 1. The van der Waals surface area contributed by atoms with Crippen LogP contribution in [0.2, 0.25) is 0 Å². The fraction of sp³-hybridized carbons (Fsp3) is 0.630. The number of piperidine rings is 1. The van der Waals surface area contributed by atoms with Crippen LogP contribution in [-0.2, 0) is 16.1 Å². The van der Waals surface area contributed by atoms with E-state index in [0.29, 0.717) is 43.0 Å². The number of fused-ring (bicyclic) bond motifs is 2. The van der Waals surface area contributed by atoms with Crippen molar-refractivity contribution < 1.29 is 14.4 Å². The molecule has 2 saturated heterocycles. The van der Waals surface area contributed by atoms with Crippen LogP contribution in [0.3, 0.4) is 0 Å². The minimum atomic E-state index is -0.888. The highest BCUT2D eigenvalue weighted by molar-refractivity contribution is 6.07. The highest BCUT2D eigenvalue weighted by Gasteiger charge is 2.56. The van der Waals surface area contributed by atoms with Gasteiger partial charge in [0, 0.05) is 25.2 Å². The zero-order valence-electron chi connectivity index (χ0n) is 20.3. The maximum atomic E-state index is 13.8. The third kappa shape index (κ3) is 4.14. The zero-order valence-corrected chi connectivity index (χ0v) is 20.3. The molecule has 4 atom stereocenters. The Hall–Kier alpha value is -2.70. The Balaban J connectivity index is 1.29. The highest BCUT2D eigenvalue weighted by atomic mass is 16.2. The highest BCUT2D eigenvalue weighted by Crippen LogP contribution is 2.45. The topological polar surface area (TPSA) is 82.6 Å². The number of amides is 4. The quantitative estimate of drug-likeness (QED) is 0.492. The normalized spacial score (nSPS) is 31.1. The van der Waals surface area contributed by atoms with E-state index in [2.05, 4.69) is 36.3 Å². The number of imide groups is 1. The number of carbonyl (C=O) groups excluding carboxylic acids is 3. The minimum Gasteiger partial charge on any atom is -0.342 e. The Kier molecular flexibility index (Phi) is 6.21. The SMILES string of the molecule is CC(C)CC[C@]1(C2CCN(C(=O)[C@@H]3C[C@@H]4C=C[C@H]3C4)CC2)NC(=O)N(Cc2ccccn2)C1=O. The minimum absolute atomic E-state index is 0.0282. The van der Waals surface area contributed by atoms with Gasteiger partial charge in [0.15, 0.2) is 0 Å². The summed E-state index contributed by atoms with van der Waals surface area (Å²) in [5, 5.41) is 3.13. The molecule has 2 aliphatic heterocycles. The molecule has 0 radical (unpaired) electrons. The number of rotatable bonds is 7. The van der Waals surface area contributed by atoms with Crippen molar-refractivity contribution in [2.75, 3.05) is 13.1 Å². The summed E-state index contributed by atoms with van der Waals surface area (Å²) in [5.74, 6) is 1.72. The summed E-state index contributed by atoms with van der Waals surface area (Å²) >= 11 is 0. The molecule has 4 amide bonds. The monoisotopic (exact) mass is 464 g/mol. The van der Waals surface area contributed by atoms with E-state index in [4.69, 9.17) is 0 Å². The lowest BCUT2D eigenvalue weighted by molar-refractivity contribution is -0.139. The summed E-state index contributed by atoms with van der Waals surface area (Å²) in [7, 11) is 0. The van der Waals surface area contributed by atoms with Crippen LogP contribution in [0.5, 0.6) is 0 Å². The van der Waals surface area contributed by atoms with E-state index in [9.17, 15) is 14.4 Å². The molecule has 2 bridgehead atoms. The van der Waals surface area contributed by atoms with Gasteiger partial charge in [-0.2, -0.15) is 0 Å². The third-order valence-corrected chi connectivity index (χ3v) is 8.46. The molecule has 1 N–H and O–H groups in total. The first kappa shape index (κ1) is 23.1. The summed E-state index contributed by atoms with van der Waals surface area (Å²) in [4.78, 5) is 47.7. The van der Waals surface area contributed by atoms with Crippen LogP contribution in [-0.4, -0.2) is 51.3 Å². The van der Waals surface area contributed by atoms with Gasteiger partial charge in [-0.3, -0.25) is 19.5 Å². The van der Waals surface area contributed by atoms with Gasteiger partial charge in [-0.25, -0.2) is 4.79 Å². The van der Waals surface area contributed by atoms with E-state index in [1.54, 1.807) is 6.20 Å².